The minimum atomic E-state index is -3.28. The molecule has 0 aliphatic heterocycles. The van der Waals surface area contributed by atoms with E-state index in [-0.39, 0.29) is 18.1 Å². The Kier molecular flexibility index (Phi) is 10.6. The average molecular weight is 322 g/mol. The van der Waals surface area contributed by atoms with E-state index in [0.29, 0.717) is 19.5 Å². The van der Waals surface area contributed by atoms with Crippen molar-refractivity contribution in [2.75, 3.05) is 45.6 Å². The Hall–Kier alpha value is -0.660. The van der Waals surface area contributed by atoms with Crippen LogP contribution in [0.15, 0.2) is 0 Å². The first kappa shape index (κ1) is 20.3. The first-order chi connectivity index (χ1) is 9.91. The zero-order chi connectivity index (χ0) is 16.3. The van der Waals surface area contributed by atoms with Crippen LogP contribution in [0.3, 0.4) is 0 Å². The predicted octanol–water partition coefficient (Wildman–Crippen LogP) is 1.32. The molecule has 0 fully saturated rings. The first-order valence-electron chi connectivity index (χ1n) is 7.68. The number of esters is 1. The molecule has 0 heterocycles. The Morgan fingerprint density at radius 2 is 1.62 bits per heavy atom. The fourth-order valence-electron chi connectivity index (χ4n) is 2.13. The van der Waals surface area contributed by atoms with E-state index >= 15 is 0 Å². The molecule has 0 unspecified atom stereocenters. The van der Waals surface area contributed by atoms with E-state index in [9.17, 15) is 13.2 Å². The molecule has 0 atom stereocenters. The highest BCUT2D eigenvalue weighted by atomic mass is 32.2. The summed E-state index contributed by atoms with van der Waals surface area (Å²) in [6.07, 6.45) is 1.28. The number of carbonyl (C=O) groups excluding carboxylic acids is 1. The van der Waals surface area contributed by atoms with E-state index in [0.717, 1.165) is 26.1 Å². The van der Waals surface area contributed by atoms with Crippen molar-refractivity contribution >= 4 is 16.0 Å². The van der Waals surface area contributed by atoms with Gasteiger partial charge in [0.25, 0.3) is 0 Å². The molecule has 0 spiro atoms. The maximum atomic E-state index is 12.2. The van der Waals surface area contributed by atoms with Crippen LogP contribution in [0.5, 0.6) is 0 Å². The number of carbonyl (C=O) groups is 1. The minimum absolute atomic E-state index is 0.00120. The number of rotatable bonds is 12. The lowest BCUT2D eigenvalue weighted by atomic mass is 10.3. The number of ether oxygens (including phenoxy) is 1. The van der Waals surface area contributed by atoms with E-state index in [4.69, 9.17) is 0 Å². The third kappa shape index (κ3) is 8.38. The van der Waals surface area contributed by atoms with E-state index in [1.54, 1.807) is 0 Å². The Morgan fingerprint density at radius 1 is 1.00 bits per heavy atom. The molecule has 7 heteroatoms. The lowest BCUT2D eigenvalue weighted by molar-refractivity contribution is -0.140. The second kappa shape index (κ2) is 11.0. The van der Waals surface area contributed by atoms with Crippen molar-refractivity contribution < 1.29 is 17.9 Å². The van der Waals surface area contributed by atoms with E-state index in [1.807, 2.05) is 6.92 Å². The summed E-state index contributed by atoms with van der Waals surface area (Å²) in [5.74, 6) is -0.365. The second-order valence-corrected chi connectivity index (χ2v) is 6.96. The highest BCUT2D eigenvalue weighted by Gasteiger charge is 2.20. The van der Waals surface area contributed by atoms with Crippen LogP contribution >= 0.6 is 0 Å². The summed E-state index contributed by atoms with van der Waals surface area (Å²) in [5.41, 5.74) is 0. The van der Waals surface area contributed by atoms with Gasteiger partial charge in [-0.3, -0.25) is 4.79 Å². The van der Waals surface area contributed by atoms with Crippen LogP contribution in [0, 0.1) is 0 Å². The van der Waals surface area contributed by atoms with Crippen molar-refractivity contribution in [3.8, 4) is 0 Å². The van der Waals surface area contributed by atoms with Crippen LogP contribution in [-0.2, 0) is 19.6 Å². The Labute approximate surface area is 129 Å². The quantitative estimate of drug-likeness (QED) is 0.507. The molecule has 0 N–H and O–H groups in total. The maximum absolute atomic E-state index is 12.2. The van der Waals surface area contributed by atoms with Gasteiger partial charge in [-0.2, -0.15) is 0 Å². The second-order valence-electron chi connectivity index (χ2n) is 4.87. The van der Waals surface area contributed by atoms with Crippen molar-refractivity contribution in [3.05, 3.63) is 0 Å². The van der Waals surface area contributed by atoms with Crippen LogP contribution in [0.2, 0.25) is 0 Å². The van der Waals surface area contributed by atoms with Gasteiger partial charge in [0.1, 0.15) is 0 Å². The third-order valence-electron chi connectivity index (χ3n) is 3.53. The topological polar surface area (TPSA) is 66.9 Å². The number of nitrogens with zero attached hydrogens (tertiary/aromatic N) is 2. The van der Waals surface area contributed by atoms with Gasteiger partial charge < -0.3 is 9.64 Å². The summed E-state index contributed by atoms with van der Waals surface area (Å²) >= 11 is 0. The summed E-state index contributed by atoms with van der Waals surface area (Å²) < 4.78 is 30.4. The van der Waals surface area contributed by atoms with E-state index in [1.165, 1.54) is 11.4 Å². The molecule has 0 aromatic rings. The normalized spacial score (nSPS) is 12.1. The monoisotopic (exact) mass is 322 g/mol. The van der Waals surface area contributed by atoms with Gasteiger partial charge >= 0.3 is 5.97 Å². The zero-order valence-corrected chi connectivity index (χ0v) is 14.6. The smallest absolute Gasteiger partial charge is 0.305 e. The highest BCUT2D eigenvalue weighted by Crippen LogP contribution is 2.07. The van der Waals surface area contributed by atoms with Gasteiger partial charge in [-0.15, -0.1) is 0 Å². The number of sulfonamides is 1. The molecule has 0 aliphatic rings. The summed E-state index contributed by atoms with van der Waals surface area (Å²) in [7, 11) is -1.97. The third-order valence-corrected chi connectivity index (χ3v) is 5.57. The summed E-state index contributed by atoms with van der Waals surface area (Å²) in [4.78, 5) is 13.3. The molecule has 0 rings (SSSR count). The van der Waals surface area contributed by atoms with Crippen LogP contribution < -0.4 is 0 Å². The molecule has 126 valence electrons. The average Bonchev–Trinajstić information content (AvgIpc) is 2.46. The van der Waals surface area contributed by atoms with E-state index in [2.05, 4.69) is 23.5 Å². The molecule has 0 amide bonds. The standard InChI is InChI=1S/C14H30N2O4S/c1-5-15(6-2)11-9-12-16(7-3)21(18,19)13-8-10-14(17)20-4/h5-13H2,1-4H3. The first-order valence-corrected chi connectivity index (χ1v) is 9.29. The van der Waals surface area contributed by atoms with Gasteiger partial charge in [0.05, 0.1) is 12.9 Å². The number of methoxy groups -OCH3 is 1. The molecule has 6 nitrogen and oxygen atoms in total. The highest BCUT2D eigenvalue weighted by molar-refractivity contribution is 7.89. The van der Waals surface area contributed by atoms with Crippen LogP contribution in [0.1, 0.15) is 40.0 Å². The largest absolute Gasteiger partial charge is 0.469 e. The lowest BCUT2D eigenvalue weighted by Crippen LogP contribution is -2.36. The molecule has 21 heavy (non-hydrogen) atoms. The van der Waals surface area contributed by atoms with Crippen LogP contribution in [0.4, 0.5) is 0 Å². The lowest BCUT2D eigenvalue weighted by Gasteiger charge is -2.23. The number of hydrogen-bond acceptors (Lipinski definition) is 5. The van der Waals surface area contributed by atoms with Crippen LogP contribution in [0.25, 0.3) is 0 Å². The van der Waals surface area contributed by atoms with Crippen molar-refractivity contribution in [2.24, 2.45) is 0 Å². The Balaban J connectivity index is 4.26. The molecule has 0 aliphatic carbocycles. The fourth-order valence-corrected chi connectivity index (χ4v) is 3.70. The molecule has 0 aromatic heterocycles. The van der Waals surface area contributed by atoms with E-state index < -0.39 is 10.0 Å². The summed E-state index contributed by atoms with van der Waals surface area (Å²) in [6.45, 7) is 9.92. The zero-order valence-electron chi connectivity index (χ0n) is 13.8. The summed E-state index contributed by atoms with van der Waals surface area (Å²) in [5, 5.41) is 0. The van der Waals surface area contributed by atoms with Gasteiger partial charge in [-0.25, -0.2) is 12.7 Å². The minimum Gasteiger partial charge on any atom is -0.469 e. The molecule has 0 radical (unpaired) electrons. The van der Waals surface area contributed by atoms with Gasteiger partial charge in [-0.1, -0.05) is 20.8 Å². The maximum Gasteiger partial charge on any atom is 0.305 e. The fraction of sp³-hybridized carbons (Fsp3) is 0.929. The molecule has 0 bridgehead atoms. The molecular weight excluding hydrogens is 292 g/mol. The molecule has 0 saturated heterocycles. The molecular formula is C14H30N2O4S. The Bertz CT molecular complexity index is 380. The van der Waals surface area contributed by atoms with Crippen LogP contribution in [-0.4, -0.2) is 69.2 Å². The van der Waals surface area contributed by atoms with Crippen molar-refractivity contribution in [3.63, 3.8) is 0 Å². The van der Waals surface area contributed by atoms with Crippen molar-refractivity contribution in [1.82, 2.24) is 9.21 Å². The number of hydrogen-bond donors (Lipinski definition) is 0. The summed E-state index contributed by atoms with van der Waals surface area (Å²) in [6, 6.07) is 0. The Morgan fingerprint density at radius 3 is 2.10 bits per heavy atom. The van der Waals surface area contributed by atoms with Gasteiger partial charge in [-0.05, 0) is 32.5 Å². The molecule has 0 aromatic carbocycles. The molecule has 0 saturated carbocycles. The van der Waals surface area contributed by atoms with Gasteiger partial charge in [0.2, 0.25) is 10.0 Å². The van der Waals surface area contributed by atoms with Gasteiger partial charge in [0, 0.05) is 19.5 Å². The van der Waals surface area contributed by atoms with Crippen molar-refractivity contribution in [1.29, 1.82) is 0 Å². The van der Waals surface area contributed by atoms with Crippen molar-refractivity contribution in [2.45, 2.75) is 40.0 Å². The predicted molar refractivity (Wildman–Crippen MR) is 84.7 cm³/mol. The van der Waals surface area contributed by atoms with Gasteiger partial charge in [0.15, 0.2) is 0 Å². The SMILES string of the molecule is CCN(CC)CCCN(CC)S(=O)(=O)CCCC(=O)OC.